The molecule has 1 aliphatic rings. The Morgan fingerprint density at radius 3 is 3.28 bits per heavy atom. The predicted molar refractivity (Wildman–Crippen MR) is 70.3 cm³/mol. The second-order valence-corrected chi connectivity index (χ2v) is 4.97. The molecule has 5 nitrogen and oxygen atoms in total. The van der Waals surface area contributed by atoms with Crippen molar-refractivity contribution in [1.82, 2.24) is 24.6 Å². The molecule has 2 aromatic heterocycles. The number of hydrogen-bond donors (Lipinski definition) is 1. The standard InChI is InChI=1S/C13H19N5/c1-17(12-4-2-5-14-8-12)9-11-10-18-7-3-6-15-13(18)16-11/h3,6-7,10,12,14H,2,4-5,8-9H2,1H3. The third kappa shape index (κ3) is 2.37. The maximum atomic E-state index is 4.54. The van der Waals surface area contributed by atoms with Gasteiger partial charge in [0, 0.05) is 37.7 Å². The quantitative estimate of drug-likeness (QED) is 0.873. The molecule has 3 heterocycles. The Bertz CT molecular complexity index is 482. The van der Waals surface area contributed by atoms with Crippen LogP contribution < -0.4 is 5.32 Å². The van der Waals surface area contributed by atoms with Crippen molar-refractivity contribution in [2.75, 3.05) is 20.1 Å². The highest BCUT2D eigenvalue weighted by Crippen LogP contribution is 2.12. The van der Waals surface area contributed by atoms with E-state index in [0.29, 0.717) is 6.04 Å². The van der Waals surface area contributed by atoms with Crippen LogP contribution >= 0.6 is 0 Å². The van der Waals surface area contributed by atoms with Crippen molar-refractivity contribution in [1.29, 1.82) is 0 Å². The third-order valence-corrected chi connectivity index (χ3v) is 3.59. The molecule has 1 N–H and O–H groups in total. The Morgan fingerprint density at radius 1 is 1.56 bits per heavy atom. The topological polar surface area (TPSA) is 45.5 Å². The van der Waals surface area contributed by atoms with Gasteiger partial charge in [-0.2, -0.15) is 0 Å². The van der Waals surface area contributed by atoms with Crippen molar-refractivity contribution in [2.24, 2.45) is 0 Å². The van der Waals surface area contributed by atoms with Gasteiger partial charge in [-0.05, 0) is 32.5 Å². The average molecular weight is 245 g/mol. The number of hydrogen-bond acceptors (Lipinski definition) is 4. The minimum absolute atomic E-state index is 0.622. The highest BCUT2D eigenvalue weighted by atomic mass is 15.2. The predicted octanol–water partition coefficient (Wildman–Crippen LogP) is 0.913. The molecule has 2 aromatic rings. The maximum absolute atomic E-state index is 4.54. The normalized spacial score (nSPS) is 20.7. The Kier molecular flexibility index (Phi) is 3.25. The van der Waals surface area contributed by atoms with Crippen molar-refractivity contribution < 1.29 is 0 Å². The molecule has 0 saturated carbocycles. The Labute approximate surface area is 107 Å². The monoisotopic (exact) mass is 245 g/mol. The lowest BCUT2D eigenvalue weighted by Gasteiger charge is -2.31. The zero-order chi connectivity index (χ0) is 12.4. The highest BCUT2D eigenvalue weighted by Gasteiger charge is 2.18. The smallest absolute Gasteiger partial charge is 0.233 e. The van der Waals surface area contributed by atoms with Gasteiger partial charge in [0.05, 0.1) is 5.69 Å². The van der Waals surface area contributed by atoms with Gasteiger partial charge in [0.2, 0.25) is 5.78 Å². The lowest BCUT2D eigenvalue weighted by Crippen LogP contribution is -2.43. The van der Waals surface area contributed by atoms with Crippen LogP contribution in [0.4, 0.5) is 0 Å². The lowest BCUT2D eigenvalue weighted by atomic mass is 10.1. The number of rotatable bonds is 3. The molecule has 1 saturated heterocycles. The number of likely N-dealkylation sites (N-methyl/N-ethyl adjacent to an activating group) is 1. The Morgan fingerprint density at radius 2 is 2.50 bits per heavy atom. The summed E-state index contributed by atoms with van der Waals surface area (Å²) in [6.07, 6.45) is 8.37. The summed E-state index contributed by atoms with van der Waals surface area (Å²) in [4.78, 5) is 11.2. The number of aromatic nitrogens is 3. The van der Waals surface area contributed by atoms with E-state index in [1.54, 1.807) is 6.20 Å². The lowest BCUT2D eigenvalue weighted by molar-refractivity contribution is 0.194. The molecule has 0 radical (unpaired) electrons. The fourth-order valence-corrected chi connectivity index (χ4v) is 2.55. The molecule has 0 spiro atoms. The molecule has 0 amide bonds. The van der Waals surface area contributed by atoms with Crippen LogP contribution in [0.5, 0.6) is 0 Å². The van der Waals surface area contributed by atoms with Crippen LogP contribution in [0, 0.1) is 0 Å². The highest BCUT2D eigenvalue weighted by molar-refractivity contribution is 5.29. The van der Waals surface area contributed by atoms with Crippen molar-refractivity contribution in [3.63, 3.8) is 0 Å². The van der Waals surface area contributed by atoms with Crippen LogP contribution in [-0.2, 0) is 6.54 Å². The van der Waals surface area contributed by atoms with E-state index in [1.165, 1.54) is 12.8 Å². The fraction of sp³-hybridized carbons (Fsp3) is 0.538. The van der Waals surface area contributed by atoms with Crippen molar-refractivity contribution >= 4 is 5.78 Å². The van der Waals surface area contributed by atoms with Gasteiger partial charge in [-0.3, -0.25) is 9.30 Å². The van der Waals surface area contributed by atoms with Crippen molar-refractivity contribution in [2.45, 2.75) is 25.4 Å². The van der Waals surface area contributed by atoms with Gasteiger partial charge in [0.1, 0.15) is 0 Å². The summed E-state index contributed by atoms with van der Waals surface area (Å²) in [5.74, 6) is 0.780. The number of fused-ring (bicyclic) bond motifs is 1. The summed E-state index contributed by atoms with van der Waals surface area (Å²) >= 11 is 0. The molecule has 96 valence electrons. The minimum Gasteiger partial charge on any atom is -0.315 e. The van der Waals surface area contributed by atoms with Crippen LogP contribution in [0.25, 0.3) is 5.78 Å². The molecule has 0 bridgehead atoms. The van der Waals surface area contributed by atoms with E-state index >= 15 is 0 Å². The number of nitrogens with zero attached hydrogens (tertiary/aromatic N) is 4. The van der Waals surface area contributed by atoms with E-state index in [1.807, 2.05) is 16.7 Å². The van der Waals surface area contributed by atoms with E-state index in [4.69, 9.17) is 0 Å². The molecule has 18 heavy (non-hydrogen) atoms. The molecule has 0 aliphatic carbocycles. The van der Waals surface area contributed by atoms with Crippen LogP contribution in [0.2, 0.25) is 0 Å². The zero-order valence-corrected chi connectivity index (χ0v) is 10.7. The first-order chi connectivity index (χ1) is 8.83. The molecule has 3 rings (SSSR count). The summed E-state index contributed by atoms with van der Waals surface area (Å²) in [6.45, 7) is 3.13. The minimum atomic E-state index is 0.622. The van der Waals surface area contributed by atoms with E-state index in [-0.39, 0.29) is 0 Å². The van der Waals surface area contributed by atoms with Gasteiger partial charge in [-0.15, -0.1) is 0 Å². The summed E-state index contributed by atoms with van der Waals surface area (Å²) in [5, 5.41) is 3.45. The SMILES string of the molecule is CN(Cc1cn2cccnc2n1)C1CCCNC1. The molecule has 1 atom stereocenters. The summed E-state index contributed by atoms with van der Waals surface area (Å²) in [6, 6.07) is 2.55. The zero-order valence-electron chi connectivity index (χ0n) is 10.7. The molecule has 0 aromatic carbocycles. The van der Waals surface area contributed by atoms with Crippen LogP contribution in [0.3, 0.4) is 0 Å². The van der Waals surface area contributed by atoms with E-state index in [2.05, 4.69) is 33.4 Å². The maximum Gasteiger partial charge on any atom is 0.233 e. The first-order valence-electron chi connectivity index (χ1n) is 6.52. The molecule has 1 fully saturated rings. The van der Waals surface area contributed by atoms with Crippen molar-refractivity contribution in [3.8, 4) is 0 Å². The molecule has 1 aliphatic heterocycles. The summed E-state index contributed by atoms with van der Waals surface area (Å²) in [7, 11) is 2.18. The van der Waals surface area contributed by atoms with Gasteiger partial charge in [0.25, 0.3) is 0 Å². The Hall–Kier alpha value is -1.46. The van der Waals surface area contributed by atoms with Crippen molar-refractivity contribution in [3.05, 3.63) is 30.4 Å². The number of nitrogens with one attached hydrogen (secondary N) is 1. The number of imidazole rings is 1. The van der Waals surface area contributed by atoms with Gasteiger partial charge in [0.15, 0.2) is 0 Å². The third-order valence-electron chi connectivity index (χ3n) is 3.59. The largest absolute Gasteiger partial charge is 0.315 e. The van der Waals surface area contributed by atoms with Crippen LogP contribution in [-0.4, -0.2) is 45.4 Å². The summed E-state index contributed by atoms with van der Waals surface area (Å²) < 4.78 is 1.97. The number of piperidine rings is 1. The van der Waals surface area contributed by atoms with E-state index < -0.39 is 0 Å². The fourth-order valence-electron chi connectivity index (χ4n) is 2.55. The first kappa shape index (κ1) is 11.6. The van der Waals surface area contributed by atoms with Gasteiger partial charge in [-0.25, -0.2) is 9.97 Å². The molecule has 5 heteroatoms. The van der Waals surface area contributed by atoms with Crippen LogP contribution in [0.15, 0.2) is 24.7 Å². The molecule has 1 unspecified atom stereocenters. The average Bonchev–Trinajstić information content (AvgIpc) is 2.82. The van der Waals surface area contributed by atoms with E-state index in [9.17, 15) is 0 Å². The first-order valence-corrected chi connectivity index (χ1v) is 6.52. The summed E-state index contributed by atoms with van der Waals surface area (Å²) in [5.41, 5.74) is 1.08. The Balaban J connectivity index is 1.71. The second-order valence-electron chi connectivity index (χ2n) is 4.97. The van der Waals surface area contributed by atoms with Crippen LogP contribution in [0.1, 0.15) is 18.5 Å². The molecular formula is C13H19N5. The van der Waals surface area contributed by atoms with Gasteiger partial charge in [-0.1, -0.05) is 0 Å². The van der Waals surface area contributed by atoms with Gasteiger partial charge >= 0.3 is 0 Å². The van der Waals surface area contributed by atoms with Gasteiger partial charge < -0.3 is 5.32 Å². The molecular weight excluding hydrogens is 226 g/mol. The van der Waals surface area contributed by atoms with E-state index in [0.717, 1.165) is 31.1 Å². The second kappa shape index (κ2) is 5.04.